The van der Waals surface area contributed by atoms with Gasteiger partial charge in [0, 0.05) is 12.4 Å². The molecule has 0 radical (unpaired) electrons. The van der Waals surface area contributed by atoms with Crippen LogP contribution in [0.25, 0.3) is 16.8 Å². The number of amides is 1. The third kappa shape index (κ3) is 2.56. The molecular weight excluding hydrogens is 278 g/mol. The summed E-state index contributed by atoms with van der Waals surface area (Å²) in [6.45, 7) is 0. The second-order valence-electron chi connectivity index (χ2n) is 4.78. The number of nitrogens with two attached hydrogens (primary N) is 1. The summed E-state index contributed by atoms with van der Waals surface area (Å²) in [4.78, 5) is 11.5. The molecule has 3 aromatic rings. The molecule has 1 amide bonds. The molecule has 0 aliphatic heterocycles. The molecule has 22 heavy (non-hydrogen) atoms. The number of hydrogen-bond donors (Lipinski definition) is 1. The van der Waals surface area contributed by atoms with Crippen LogP contribution in [0.15, 0.2) is 60.9 Å². The molecule has 0 saturated heterocycles. The predicted molar refractivity (Wildman–Crippen MR) is 84.1 cm³/mol. The fourth-order valence-corrected chi connectivity index (χ4v) is 2.33. The minimum Gasteiger partial charge on any atom is -0.496 e. The van der Waals surface area contributed by atoms with Gasteiger partial charge in [-0.05, 0) is 41.5 Å². The summed E-state index contributed by atoms with van der Waals surface area (Å²) in [5.74, 6) is -0.0404. The van der Waals surface area contributed by atoms with Crippen molar-refractivity contribution in [2.24, 2.45) is 5.73 Å². The van der Waals surface area contributed by atoms with Gasteiger partial charge in [0.1, 0.15) is 5.75 Å². The number of primary amides is 1. The number of rotatable bonds is 4. The molecule has 0 unspecified atom stereocenters. The van der Waals surface area contributed by atoms with Crippen molar-refractivity contribution in [1.82, 2.24) is 9.78 Å². The fourth-order valence-electron chi connectivity index (χ4n) is 2.33. The van der Waals surface area contributed by atoms with Gasteiger partial charge in [-0.1, -0.05) is 18.2 Å². The summed E-state index contributed by atoms with van der Waals surface area (Å²) in [7, 11) is 1.51. The maximum absolute atomic E-state index is 11.5. The molecule has 0 spiro atoms. The van der Waals surface area contributed by atoms with Crippen molar-refractivity contribution < 1.29 is 9.53 Å². The molecule has 1 heterocycles. The SMILES string of the molecule is COc1ccc(-c2cccc(-n3cccn3)c2)cc1C(N)=O. The Morgan fingerprint density at radius 3 is 2.64 bits per heavy atom. The Labute approximate surface area is 127 Å². The van der Waals surface area contributed by atoms with Gasteiger partial charge in [0.05, 0.1) is 18.4 Å². The maximum Gasteiger partial charge on any atom is 0.252 e. The first-order valence-corrected chi connectivity index (χ1v) is 6.77. The van der Waals surface area contributed by atoms with E-state index in [-0.39, 0.29) is 0 Å². The van der Waals surface area contributed by atoms with Crippen LogP contribution in [0.4, 0.5) is 0 Å². The number of carbonyl (C=O) groups is 1. The molecule has 0 bridgehead atoms. The zero-order chi connectivity index (χ0) is 15.5. The van der Waals surface area contributed by atoms with Crippen molar-refractivity contribution in [3.63, 3.8) is 0 Å². The summed E-state index contributed by atoms with van der Waals surface area (Å²) < 4.78 is 6.94. The summed E-state index contributed by atoms with van der Waals surface area (Å²) in [6, 6.07) is 15.1. The van der Waals surface area contributed by atoms with Crippen LogP contribution in [0.5, 0.6) is 5.75 Å². The summed E-state index contributed by atoms with van der Waals surface area (Å²) >= 11 is 0. The molecule has 0 saturated carbocycles. The zero-order valence-electron chi connectivity index (χ0n) is 12.1. The Kier molecular flexibility index (Phi) is 3.62. The van der Waals surface area contributed by atoms with E-state index in [0.29, 0.717) is 11.3 Å². The molecule has 3 rings (SSSR count). The highest BCUT2D eigenvalue weighted by Crippen LogP contribution is 2.27. The number of benzene rings is 2. The van der Waals surface area contributed by atoms with Crippen LogP contribution in [-0.2, 0) is 0 Å². The van der Waals surface area contributed by atoms with Crippen LogP contribution in [0.3, 0.4) is 0 Å². The first kappa shape index (κ1) is 13.9. The topological polar surface area (TPSA) is 70.1 Å². The van der Waals surface area contributed by atoms with Gasteiger partial charge in [0.25, 0.3) is 5.91 Å². The molecular formula is C17H15N3O2. The van der Waals surface area contributed by atoms with Gasteiger partial charge in [-0.2, -0.15) is 5.10 Å². The van der Waals surface area contributed by atoms with E-state index in [4.69, 9.17) is 10.5 Å². The van der Waals surface area contributed by atoms with Crippen molar-refractivity contribution in [2.45, 2.75) is 0 Å². The van der Waals surface area contributed by atoms with Crippen LogP contribution < -0.4 is 10.5 Å². The number of hydrogen-bond acceptors (Lipinski definition) is 3. The molecule has 110 valence electrons. The monoisotopic (exact) mass is 293 g/mol. The standard InChI is InChI=1S/C17H15N3O2/c1-22-16-7-6-13(11-15(16)17(18)21)12-4-2-5-14(10-12)20-9-3-8-19-20/h2-11H,1H3,(H2,18,21). The lowest BCUT2D eigenvalue weighted by Crippen LogP contribution is -2.12. The first-order valence-electron chi connectivity index (χ1n) is 6.77. The Morgan fingerprint density at radius 1 is 1.14 bits per heavy atom. The van der Waals surface area contributed by atoms with E-state index in [1.165, 1.54) is 7.11 Å². The van der Waals surface area contributed by atoms with E-state index in [0.717, 1.165) is 16.8 Å². The minimum atomic E-state index is -0.512. The van der Waals surface area contributed by atoms with Crippen molar-refractivity contribution in [3.8, 4) is 22.6 Å². The van der Waals surface area contributed by atoms with Gasteiger partial charge in [0.2, 0.25) is 0 Å². The normalized spacial score (nSPS) is 10.4. The Hall–Kier alpha value is -3.08. The van der Waals surface area contributed by atoms with Gasteiger partial charge in [-0.25, -0.2) is 4.68 Å². The van der Waals surface area contributed by atoms with Gasteiger partial charge in [-0.3, -0.25) is 4.79 Å². The Morgan fingerprint density at radius 2 is 1.95 bits per heavy atom. The van der Waals surface area contributed by atoms with Crippen LogP contribution in [0.2, 0.25) is 0 Å². The predicted octanol–water partition coefficient (Wildman–Crippen LogP) is 2.65. The van der Waals surface area contributed by atoms with Crippen LogP contribution in [-0.4, -0.2) is 22.8 Å². The van der Waals surface area contributed by atoms with E-state index in [1.54, 1.807) is 23.0 Å². The molecule has 0 atom stereocenters. The number of carbonyl (C=O) groups excluding carboxylic acids is 1. The van der Waals surface area contributed by atoms with Crippen molar-refractivity contribution in [3.05, 3.63) is 66.5 Å². The van der Waals surface area contributed by atoms with Crippen molar-refractivity contribution in [1.29, 1.82) is 0 Å². The molecule has 0 fully saturated rings. The van der Waals surface area contributed by atoms with Gasteiger partial charge in [0.15, 0.2) is 0 Å². The molecule has 1 aromatic heterocycles. The number of aromatic nitrogens is 2. The van der Waals surface area contributed by atoms with Gasteiger partial charge >= 0.3 is 0 Å². The highest BCUT2D eigenvalue weighted by Gasteiger charge is 2.11. The highest BCUT2D eigenvalue weighted by atomic mass is 16.5. The Balaban J connectivity index is 2.06. The lowest BCUT2D eigenvalue weighted by atomic mass is 10.0. The summed E-state index contributed by atoms with van der Waals surface area (Å²) in [5.41, 5.74) is 8.58. The summed E-state index contributed by atoms with van der Waals surface area (Å²) in [5, 5.41) is 4.22. The van der Waals surface area contributed by atoms with Crippen LogP contribution >= 0.6 is 0 Å². The number of ether oxygens (including phenoxy) is 1. The van der Waals surface area contributed by atoms with Crippen LogP contribution in [0.1, 0.15) is 10.4 Å². The largest absolute Gasteiger partial charge is 0.496 e. The van der Waals surface area contributed by atoms with Crippen LogP contribution in [0, 0.1) is 0 Å². The quantitative estimate of drug-likeness (QED) is 0.804. The van der Waals surface area contributed by atoms with E-state index >= 15 is 0 Å². The van der Waals surface area contributed by atoms with E-state index < -0.39 is 5.91 Å². The molecule has 2 aromatic carbocycles. The maximum atomic E-state index is 11.5. The lowest BCUT2D eigenvalue weighted by Gasteiger charge is -2.10. The first-order chi connectivity index (χ1) is 10.7. The summed E-state index contributed by atoms with van der Waals surface area (Å²) in [6.07, 6.45) is 3.60. The Bertz CT molecular complexity index is 811. The van der Waals surface area contributed by atoms with Crippen molar-refractivity contribution >= 4 is 5.91 Å². The average Bonchev–Trinajstić information content (AvgIpc) is 3.09. The third-order valence-corrected chi connectivity index (χ3v) is 3.41. The molecule has 0 aliphatic rings. The van der Waals surface area contributed by atoms with E-state index in [1.807, 2.05) is 42.6 Å². The van der Waals surface area contributed by atoms with Gasteiger partial charge < -0.3 is 10.5 Å². The minimum absolute atomic E-state index is 0.365. The molecule has 0 aliphatic carbocycles. The van der Waals surface area contributed by atoms with E-state index in [9.17, 15) is 4.79 Å². The zero-order valence-corrected chi connectivity index (χ0v) is 12.1. The lowest BCUT2D eigenvalue weighted by molar-refractivity contribution is 0.0997. The van der Waals surface area contributed by atoms with Crippen molar-refractivity contribution in [2.75, 3.05) is 7.11 Å². The fraction of sp³-hybridized carbons (Fsp3) is 0.0588. The van der Waals surface area contributed by atoms with Gasteiger partial charge in [-0.15, -0.1) is 0 Å². The number of nitrogens with zero attached hydrogens (tertiary/aromatic N) is 2. The average molecular weight is 293 g/mol. The smallest absolute Gasteiger partial charge is 0.252 e. The second-order valence-corrected chi connectivity index (χ2v) is 4.78. The molecule has 2 N–H and O–H groups in total. The highest BCUT2D eigenvalue weighted by molar-refractivity contribution is 5.97. The number of methoxy groups -OCH3 is 1. The molecule has 5 heteroatoms. The molecule has 5 nitrogen and oxygen atoms in total. The second kappa shape index (κ2) is 5.73. The third-order valence-electron chi connectivity index (χ3n) is 3.41. The van der Waals surface area contributed by atoms with E-state index in [2.05, 4.69) is 5.10 Å².